The molecular formula is C15H16FN3OS. The lowest BCUT2D eigenvalue weighted by molar-refractivity contribution is 0.187. The number of nitrogens with zero attached hydrogens (tertiary/aromatic N) is 2. The lowest BCUT2D eigenvalue weighted by Gasteiger charge is -2.29. The average molecular weight is 305 g/mol. The number of anilines is 1. The summed E-state index contributed by atoms with van der Waals surface area (Å²) in [5.74, 6) is -0.280. The van der Waals surface area contributed by atoms with E-state index in [4.69, 9.17) is 0 Å². The van der Waals surface area contributed by atoms with Gasteiger partial charge in [-0.3, -0.25) is 5.32 Å². The Kier molecular flexibility index (Phi) is 3.88. The van der Waals surface area contributed by atoms with Crippen molar-refractivity contribution < 1.29 is 9.18 Å². The monoisotopic (exact) mass is 305 g/mol. The number of hydrogen-bond acceptors (Lipinski definition) is 3. The zero-order chi connectivity index (χ0) is 14.8. The Hall–Kier alpha value is -1.95. The molecule has 1 aliphatic carbocycles. The minimum Gasteiger partial charge on any atom is -0.315 e. The first-order valence-corrected chi connectivity index (χ1v) is 7.78. The van der Waals surface area contributed by atoms with Gasteiger partial charge in [0.05, 0.1) is 6.04 Å². The van der Waals surface area contributed by atoms with Crippen LogP contribution in [0, 0.1) is 5.82 Å². The Bertz CT molecular complexity index is 628. The van der Waals surface area contributed by atoms with Crippen LogP contribution in [-0.2, 0) is 0 Å². The molecule has 1 N–H and O–H groups in total. The summed E-state index contributed by atoms with van der Waals surface area (Å²) in [5, 5.41) is 5.15. The van der Waals surface area contributed by atoms with Gasteiger partial charge in [0, 0.05) is 23.2 Å². The predicted octanol–water partition coefficient (Wildman–Crippen LogP) is 4.04. The SMILES string of the molecule is CC(c1ccccc1F)N(C(=O)Nc1nccs1)C1CC1. The zero-order valence-electron chi connectivity index (χ0n) is 11.6. The molecule has 0 spiro atoms. The molecule has 6 heteroatoms. The zero-order valence-corrected chi connectivity index (χ0v) is 12.4. The Morgan fingerprint density at radius 1 is 1.48 bits per heavy atom. The molecule has 1 saturated carbocycles. The van der Waals surface area contributed by atoms with Crippen LogP contribution in [-0.4, -0.2) is 22.0 Å². The van der Waals surface area contributed by atoms with Crippen molar-refractivity contribution in [1.82, 2.24) is 9.88 Å². The van der Waals surface area contributed by atoms with E-state index in [-0.39, 0.29) is 23.9 Å². The fraction of sp³-hybridized carbons (Fsp3) is 0.333. The smallest absolute Gasteiger partial charge is 0.315 e. The van der Waals surface area contributed by atoms with Crippen LogP contribution in [0.25, 0.3) is 0 Å². The number of hydrogen-bond donors (Lipinski definition) is 1. The van der Waals surface area contributed by atoms with Crippen molar-refractivity contribution in [2.75, 3.05) is 5.32 Å². The Morgan fingerprint density at radius 3 is 2.86 bits per heavy atom. The maximum absolute atomic E-state index is 14.0. The third-order valence-electron chi connectivity index (χ3n) is 3.59. The average Bonchev–Trinajstić information content (AvgIpc) is 3.16. The fourth-order valence-electron chi connectivity index (χ4n) is 2.42. The van der Waals surface area contributed by atoms with E-state index in [2.05, 4.69) is 10.3 Å². The van der Waals surface area contributed by atoms with Gasteiger partial charge in [0.1, 0.15) is 5.82 Å². The molecule has 3 rings (SSSR count). The first-order chi connectivity index (χ1) is 10.2. The minimum atomic E-state index is -0.307. The van der Waals surface area contributed by atoms with E-state index in [1.165, 1.54) is 17.4 Å². The number of nitrogens with one attached hydrogen (secondary N) is 1. The third kappa shape index (κ3) is 3.05. The first kappa shape index (κ1) is 14.0. The van der Waals surface area contributed by atoms with Crippen LogP contribution < -0.4 is 5.32 Å². The molecule has 1 heterocycles. The van der Waals surface area contributed by atoms with Crippen molar-refractivity contribution in [2.24, 2.45) is 0 Å². The molecule has 0 radical (unpaired) electrons. The minimum absolute atomic E-state index is 0.180. The summed E-state index contributed by atoms with van der Waals surface area (Å²) in [6, 6.07) is 6.25. The summed E-state index contributed by atoms with van der Waals surface area (Å²) in [5.41, 5.74) is 0.540. The Labute approximate surface area is 126 Å². The first-order valence-electron chi connectivity index (χ1n) is 6.90. The van der Waals surface area contributed by atoms with Crippen LogP contribution in [0.2, 0.25) is 0 Å². The summed E-state index contributed by atoms with van der Waals surface area (Å²) in [6.07, 6.45) is 3.57. The second-order valence-corrected chi connectivity index (χ2v) is 6.00. The van der Waals surface area contributed by atoms with E-state index in [1.54, 1.807) is 34.7 Å². The molecule has 1 fully saturated rings. The molecule has 2 aromatic rings. The maximum atomic E-state index is 14.0. The van der Waals surface area contributed by atoms with E-state index in [9.17, 15) is 9.18 Å². The quantitative estimate of drug-likeness (QED) is 0.926. The highest BCUT2D eigenvalue weighted by molar-refractivity contribution is 7.13. The van der Waals surface area contributed by atoms with Gasteiger partial charge in [-0.1, -0.05) is 18.2 Å². The fourth-order valence-corrected chi connectivity index (χ4v) is 2.93. The Balaban J connectivity index is 1.81. The largest absolute Gasteiger partial charge is 0.324 e. The number of carbonyl (C=O) groups is 1. The van der Waals surface area contributed by atoms with Crippen molar-refractivity contribution in [3.05, 3.63) is 47.2 Å². The van der Waals surface area contributed by atoms with Crippen molar-refractivity contribution in [2.45, 2.75) is 31.8 Å². The maximum Gasteiger partial charge on any atom is 0.324 e. The van der Waals surface area contributed by atoms with E-state index < -0.39 is 0 Å². The van der Waals surface area contributed by atoms with Crippen molar-refractivity contribution in [3.8, 4) is 0 Å². The third-order valence-corrected chi connectivity index (χ3v) is 4.28. The molecule has 2 amide bonds. The number of benzene rings is 1. The standard InChI is InChI=1S/C15H16FN3OS/c1-10(12-4-2-3-5-13(12)16)19(11-6-7-11)15(20)18-14-17-8-9-21-14/h2-5,8-11H,6-7H2,1H3,(H,17,18,20). The number of urea groups is 1. The van der Waals surface area contributed by atoms with Gasteiger partial charge in [0.25, 0.3) is 0 Å². The van der Waals surface area contributed by atoms with E-state index in [0.717, 1.165) is 12.8 Å². The number of halogens is 1. The molecule has 1 atom stereocenters. The molecule has 0 bridgehead atoms. The van der Waals surface area contributed by atoms with Gasteiger partial charge >= 0.3 is 6.03 Å². The summed E-state index contributed by atoms with van der Waals surface area (Å²) in [7, 11) is 0. The number of aromatic nitrogens is 1. The van der Waals surface area contributed by atoms with Gasteiger partial charge in [-0.25, -0.2) is 14.2 Å². The van der Waals surface area contributed by atoms with Crippen LogP contribution in [0.5, 0.6) is 0 Å². The van der Waals surface area contributed by atoms with Gasteiger partial charge in [-0.2, -0.15) is 0 Å². The molecule has 110 valence electrons. The molecule has 1 aromatic heterocycles. The molecule has 1 aromatic carbocycles. The summed E-state index contributed by atoms with van der Waals surface area (Å²) < 4.78 is 14.0. The number of rotatable bonds is 4. The van der Waals surface area contributed by atoms with Gasteiger partial charge in [-0.15, -0.1) is 11.3 Å². The normalized spacial score (nSPS) is 15.5. The lowest BCUT2D eigenvalue weighted by atomic mass is 10.1. The van der Waals surface area contributed by atoms with Crippen LogP contribution in [0.4, 0.5) is 14.3 Å². The summed E-state index contributed by atoms with van der Waals surface area (Å²) in [4.78, 5) is 18.3. The van der Waals surface area contributed by atoms with Gasteiger partial charge in [-0.05, 0) is 25.8 Å². The van der Waals surface area contributed by atoms with Crippen LogP contribution in [0.1, 0.15) is 31.4 Å². The molecule has 1 unspecified atom stereocenters. The number of amides is 2. The highest BCUT2D eigenvalue weighted by Gasteiger charge is 2.37. The topological polar surface area (TPSA) is 45.2 Å². The lowest BCUT2D eigenvalue weighted by Crippen LogP contribution is -2.39. The van der Waals surface area contributed by atoms with Crippen LogP contribution in [0.3, 0.4) is 0 Å². The molecule has 21 heavy (non-hydrogen) atoms. The summed E-state index contributed by atoms with van der Waals surface area (Å²) >= 11 is 1.37. The molecule has 0 saturated heterocycles. The van der Waals surface area contributed by atoms with E-state index in [1.807, 2.05) is 6.92 Å². The van der Waals surface area contributed by atoms with Crippen LogP contribution >= 0.6 is 11.3 Å². The Morgan fingerprint density at radius 2 is 2.24 bits per heavy atom. The van der Waals surface area contributed by atoms with E-state index in [0.29, 0.717) is 10.7 Å². The second kappa shape index (κ2) is 5.81. The number of thiazole rings is 1. The van der Waals surface area contributed by atoms with Gasteiger partial charge in [0.15, 0.2) is 5.13 Å². The van der Waals surface area contributed by atoms with Gasteiger partial charge < -0.3 is 4.90 Å². The molecule has 4 nitrogen and oxygen atoms in total. The van der Waals surface area contributed by atoms with E-state index >= 15 is 0 Å². The van der Waals surface area contributed by atoms with Crippen molar-refractivity contribution >= 4 is 22.5 Å². The summed E-state index contributed by atoms with van der Waals surface area (Å²) in [6.45, 7) is 1.86. The predicted molar refractivity (Wildman–Crippen MR) is 80.8 cm³/mol. The van der Waals surface area contributed by atoms with Crippen molar-refractivity contribution in [1.29, 1.82) is 0 Å². The molecule has 0 aliphatic heterocycles. The van der Waals surface area contributed by atoms with Gasteiger partial charge in [0.2, 0.25) is 0 Å². The highest BCUT2D eigenvalue weighted by atomic mass is 32.1. The number of carbonyl (C=O) groups excluding carboxylic acids is 1. The van der Waals surface area contributed by atoms with Crippen LogP contribution in [0.15, 0.2) is 35.8 Å². The highest BCUT2D eigenvalue weighted by Crippen LogP contribution is 2.35. The second-order valence-electron chi connectivity index (χ2n) is 5.10. The van der Waals surface area contributed by atoms with Crippen molar-refractivity contribution in [3.63, 3.8) is 0 Å². The molecular weight excluding hydrogens is 289 g/mol. The molecule has 1 aliphatic rings.